The average Bonchev–Trinajstić information content (AvgIpc) is 3.16. The van der Waals surface area contributed by atoms with Gasteiger partial charge in [-0.05, 0) is 31.4 Å². The van der Waals surface area contributed by atoms with Crippen LogP contribution < -0.4 is 10.2 Å². The number of carbonyl (C=O) groups excluding carboxylic acids is 2. The fraction of sp³-hybridized carbons (Fsp3) is 0.500. The van der Waals surface area contributed by atoms with Gasteiger partial charge in [0, 0.05) is 6.04 Å². The third kappa shape index (κ3) is 2.17. The molecule has 1 aromatic rings. The van der Waals surface area contributed by atoms with Gasteiger partial charge in [0.15, 0.2) is 0 Å². The Morgan fingerprint density at radius 3 is 2.62 bits per heavy atom. The van der Waals surface area contributed by atoms with Gasteiger partial charge in [0.1, 0.15) is 0 Å². The molecule has 4 unspecified atom stereocenters. The van der Waals surface area contributed by atoms with Crippen molar-refractivity contribution in [3.63, 3.8) is 0 Å². The van der Waals surface area contributed by atoms with Crippen LogP contribution in [0.1, 0.15) is 25.7 Å². The van der Waals surface area contributed by atoms with Crippen LogP contribution in [-0.2, 0) is 14.3 Å². The summed E-state index contributed by atoms with van der Waals surface area (Å²) >= 11 is 0. The summed E-state index contributed by atoms with van der Waals surface area (Å²) in [4.78, 5) is 26.0. The minimum atomic E-state index is -0.411. The monoisotopic (exact) mass is 286 g/mol. The number of amides is 2. The molecule has 0 spiro atoms. The Kier molecular flexibility index (Phi) is 3.05. The van der Waals surface area contributed by atoms with Crippen molar-refractivity contribution in [3.05, 3.63) is 30.3 Å². The Hall–Kier alpha value is -1.72. The maximum atomic E-state index is 12.5. The van der Waals surface area contributed by atoms with Crippen molar-refractivity contribution in [1.82, 2.24) is 5.32 Å². The second-order valence-electron chi connectivity index (χ2n) is 6.04. The molecule has 2 amide bonds. The molecule has 0 aliphatic carbocycles. The van der Waals surface area contributed by atoms with E-state index >= 15 is 0 Å². The lowest BCUT2D eigenvalue weighted by Crippen LogP contribution is -2.47. The van der Waals surface area contributed by atoms with Crippen LogP contribution in [0.3, 0.4) is 0 Å². The van der Waals surface area contributed by atoms with Gasteiger partial charge < -0.3 is 4.74 Å². The lowest BCUT2D eigenvalue weighted by molar-refractivity contribution is -0.121. The smallest absolute Gasteiger partial charge is 0.251 e. The van der Waals surface area contributed by atoms with Crippen LogP contribution >= 0.6 is 0 Å². The predicted molar refractivity (Wildman–Crippen MR) is 76.8 cm³/mol. The zero-order valence-corrected chi connectivity index (χ0v) is 11.7. The minimum absolute atomic E-state index is 0.132. The number of benzene rings is 1. The van der Waals surface area contributed by atoms with Gasteiger partial charge in [-0.3, -0.25) is 14.9 Å². The molecular weight excluding hydrogens is 268 g/mol. The number of fused-ring (bicyclic) bond motifs is 2. The molecule has 21 heavy (non-hydrogen) atoms. The Labute approximate surface area is 123 Å². The van der Waals surface area contributed by atoms with Crippen molar-refractivity contribution in [1.29, 1.82) is 0 Å². The molecule has 5 nitrogen and oxygen atoms in total. The van der Waals surface area contributed by atoms with E-state index in [4.69, 9.17) is 4.74 Å². The number of para-hydroxylation sites is 1. The maximum absolute atomic E-state index is 12.5. The maximum Gasteiger partial charge on any atom is 0.251 e. The first kappa shape index (κ1) is 13.0. The molecule has 5 heteroatoms. The molecule has 1 aromatic carbocycles. The van der Waals surface area contributed by atoms with Gasteiger partial charge in [-0.1, -0.05) is 18.2 Å². The van der Waals surface area contributed by atoms with E-state index in [9.17, 15) is 9.59 Å². The molecule has 3 aliphatic heterocycles. The van der Waals surface area contributed by atoms with Gasteiger partial charge >= 0.3 is 0 Å². The molecule has 110 valence electrons. The largest absolute Gasteiger partial charge is 0.373 e. The van der Waals surface area contributed by atoms with E-state index in [0.29, 0.717) is 11.8 Å². The van der Waals surface area contributed by atoms with E-state index in [0.717, 1.165) is 19.3 Å². The van der Waals surface area contributed by atoms with Crippen LogP contribution in [0, 0.1) is 0 Å². The quantitative estimate of drug-likeness (QED) is 0.849. The number of anilines is 1. The van der Waals surface area contributed by atoms with E-state index < -0.39 is 6.04 Å². The second-order valence-corrected chi connectivity index (χ2v) is 6.04. The summed E-state index contributed by atoms with van der Waals surface area (Å²) in [5, 5.41) is 3.35. The van der Waals surface area contributed by atoms with E-state index in [1.54, 1.807) is 12.1 Å². The summed E-state index contributed by atoms with van der Waals surface area (Å²) in [7, 11) is 0. The van der Waals surface area contributed by atoms with Gasteiger partial charge in [-0.25, -0.2) is 4.90 Å². The SMILES string of the molecule is O=C1CC(NC2CC3CCC2O3)C(=O)N1c1ccccc1. The van der Waals surface area contributed by atoms with Crippen molar-refractivity contribution in [2.45, 2.75) is 50.0 Å². The van der Waals surface area contributed by atoms with E-state index in [1.807, 2.05) is 18.2 Å². The number of hydrogen-bond acceptors (Lipinski definition) is 4. The minimum Gasteiger partial charge on any atom is -0.373 e. The Balaban J connectivity index is 1.49. The third-order valence-corrected chi connectivity index (χ3v) is 4.68. The van der Waals surface area contributed by atoms with Crippen LogP contribution in [0.5, 0.6) is 0 Å². The van der Waals surface area contributed by atoms with Crippen LogP contribution in [0.4, 0.5) is 5.69 Å². The molecule has 0 saturated carbocycles. The number of imide groups is 1. The van der Waals surface area contributed by atoms with Crippen molar-refractivity contribution in [3.8, 4) is 0 Å². The summed E-state index contributed by atoms with van der Waals surface area (Å²) < 4.78 is 5.80. The van der Waals surface area contributed by atoms with Crippen LogP contribution in [-0.4, -0.2) is 36.1 Å². The molecule has 3 heterocycles. The summed E-state index contributed by atoms with van der Waals surface area (Å²) in [6.07, 6.45) is 3.92. The molecule has 3 saturated heterocycles. The molecule has 3 aliphatic rings. The van der Waals surface area contributed by atoms with Crippen molar-refractivity contribution in [2.24, 2.45) is 0 Å². The molecule has 1 N–H and O–H groups in total. The highest BCUT2D eigenvalue weighted by Gasteiger charge is 2.45. The molecule has 2 bridgehead atoms. The molecule has 0 aromatic heterocycles. The highest BCUT2D eigenvalue weighted by Crippen LogP contribution is 2.35. The summed E-state index contributed by atoms with van der Waals surface area (Å²) in [5.41, 5.74) is 0.654. The average molecular weight is 286 g/mol. The summed E-state index contributed by atoms with van der Waals surface area (Å²) in [6, 6.07) is 8.92. The first-order valence-electron chi connectivity index (χ1n) is 7.56. The standard InChI is InChI=1S/C16H18N2O3/c19-15-9-13(17-12-8-11-6-7-14(12)21-11)16(20)18(15)10-4-2-1-3-5-10/h1-5,11-14,17H,6-9H2. The normalized spacial score (nSPS) is 35.0. The first-order chi connectivity index (χ1) is 10.2. The Bertz CT molecular complexity index is 574. The second kappa shape index (κ2) is 4.93. The Morgan fingerprint density at radius 2 is 1.95 bits per heavy atom. The first-order valence-corrected chi connectivity index (χ1v) is 7.56. The van der Waals surface area contributed by atoms with Crippen LogP contribution in [0.2, 0.25) is 0 Å². The van der Waals surface area contributed by atoms with Gasteiger partial charge in [0.05, 0.1) is 30.4 Å². The summed E-state index contributed by atoms with van der Waals surface area (Å²) in [6.45, 7) is 0. The van der Waals surface area contributed by atoms with E-state index in [2.05, 4.69) is 5.32 Å². The number of rotatable bonds is 3. The molecule has 0 radical (unpaired) electrons. The fourth-order valence-electron chi connectivity index (χ4n) is 3.68. The predicted octanol–water partition coefficient (Wildman–Crippen LogP) is 1.23. The third-order valence-electron chi connectivity index (χ3n) is 4.68. The van der Waals surface area contributed by atoms with Gasteiger partial charge in [-0.15, -0.1) is 0 Å². The zero-order chi connectivity index (χ0) is 14.4. The molecule has 4 atom stereocenters. The number of hydrogen-bond donors (Lipinski definition) is 1. The number of ether oxygens (including phenoxy) is 1. The highest BCUT2D eigenvalue weighted by molar-refractivity contribution is 6.22. The topological polar surface area (TPSA) is 58.6 Å². The molecule has 3 fully saturated rings. The van der Waals surface area contributed by atoms with Crippen molar-refractivity contribution < 1.29 is 14.3 Å². The van der Waals surface area contributed by atoms with Gasteiger partial charge in [0.2, 0.25) is 5.91 Å². The van der Waals surface area contributed by atoms with E-state index in [-0.39, 0.29) is 30.4 Å². The molecule has 4 rings (SSSR count). The van der Waals surface area contributed by atoms with Crippen LogP contribution in [0.15, 0.2) is 30.3 Å². The number of nitrogens with one attached hydrogen (secondary N) is 1. The summed E-state index contributed by atoms with van der Waals surface area (Å²) in [5.74, 6) is -0.276. The lowest BCUT2D eigenvalue weighted by Gasteiger charge is -2.23. The van der Waals surface area contributed by atoms with Gasteiger partial charge in [0.25, 0.3) is 5.91 Å². The van der Waals surface area contributed by atoms with Crippen molar-refractivity contribution >= 4 is 17.5 Å². The van der Waals surface area contributed by atoms with E-state index in [1.165, 1.54) is 4.90 Å². The number of carbonyl (C=O) groups is 2. The fourth-order valence-corrected chi connectivity index (χ4v) is 3.68. The highest BCUT2D eigenvalue weighted by atomic mass is 16.5. The Morgan fingerprint density at radius 1 is 1.14 bits per heavy atom. The van der Waals surface area contributed by atoms with Crippen molar-refractivity contribution in [2.75, 3.05) is 4.90 Å². The number of nitrogens with zero attached hydrogens (tertiary/aromatic N) is 1. The molecular formula is C16H18N2O3. The zero-order valence-electron chi connectivity index (χ0n) is 11.7. The van der Waals surface area contributed by atoms with Gasteiger partial charge in [-0.2, -0.15) is 0 Å². The van der Waals surface area contributed by atoms with Crippen LogP contribution in [0.25, 0.3) is 0 Å². The lowest BCUT2D eigenvalue weighted by atomic mass is 9.95.